The molecule has 2 aliphatic rings. The normalized spacial score (nSPS) is 15.8. The second-order valence-corrected chi connectivity index (χ2v) is 16.7. The Kier molecular flexibility index (Phi) is 14.9. The Morgan fingerprint density at radius 1 is 0.530 bits per heavy atom. The van der Waals surface area contributed by atoms with Gasteiger partial charge in [-0.2, -0.15) is 0 Å². The Hall–Kier alpha value is -6.14. The van der Waals surface area contributed by atoms with E-state index in [0.29, 0.717) is 45.6 Å². The summed E-state index contributed by atoms with van der Waals surface area (Å²) in [4.78, 5) is 27.3. The van der Waals surface area contributed by atoms with Crippen LogP contribution in [0.5, 0.6) is 11.5 Å². The molecule has 12 nitrogen and oxygen atoms in total. The molecule has 2 aliphatic heterocycles. The SMILES string of the molecule is COc1cc2c(NC(C)c3cccc(C(F)F)c3F)nc(C)nc2cc1N1CCN(C)CC1.COc1cc2c(NC(C)c3cccc(C(F)F)c3F)nc(C)nc2cc1N1CCN(C)CC1. The van der Waals surface area contributed by atoms with Crippen molar-refractivity contribution in [2.75, 3.05) is 101 Å². The van der Waals surface area contributed by atoms with Gasteiger partial charge in [-0.05, 0) is 66.1 Å². The van der Waals surface area contributed by atoms with E-state index in [1.807, 2.05) is 24.3 Å². The highest BCUT2D eigenvalue weighted by molar-refractivity contribution is 5.95. The molecule has 352 valence electrons. The number of hydrogen-bond donors (Lipinski definition) is 2. The van der Waals surface area contributed by atoms with E-state index in [2.05, 4.69) is 64.3 Å². The van der Waals surface area contributed by atoms with E-state index in [-0.39, 0.29) is 11.1 Å². The van der Waals surface area contributed by atoms with Crippen molar-refractivity contribution in [1.82, 2.24) is 29.7 Å². The first-order valence-corrected chi connectivity index (χ1v) is 21.8. The maximum absolute atomic E-state index is 14.7. The zero-order valence-corrected chi connectivity index (χ0v) is 38.4. The van der Waals surface area contributed by atoms with Crippen LogP contribution in [-0.4, -0.2) is 110 Å². The summed E-state index contributed by atoms with van der Waals surface area (Å²) < 4.78 is 93.4. The fourth-order valence-corrected chi connectivity index (χ4v) is 8.37. The number of fused-ring (bicyclic) bond motifs is 2. The molecule has 2 aromatic heterocycles. The molecule has 0 saturated carbocycles. The molecule has 2 N–H and O–H groups in total. The summed E-state index contributed by atoms with van der Waals surface area (Å²) in [7, 11) is 7.45. The van der Waals surface area contributed by atoms with Crippen LogP contribution < -0.4 is 29.9 Å². The molecule has 2 fully saturated rings. The van der Waals surface area contributed by atoms with Gasteiger partial charge in [-0.15, -0.1) is 0 Å². The molecule has 0 radical (unpaired) electrons. The fraction of sp³-hybridized carbons (Fsp3) is 0.417. The lowest BCUT2D eigenvalue weighted by molar-refractivity contribution is 0.145. The molecular formula is C48H56F6N10O2. The van der Waals surface area contributed by atoms with Crippen LogP contribution in [0.1, 0.15) is 72.7 Å². The molecular weight excluding hydrogens is 863 g/mol. The molecule has 0 amide bonds. The van der Waals surface area contributed by atoms with Gasteiger partial charge < -0.3 is 39.7 Å². The number of ether oxygens (including phenoxy) is 2. The van der Waals surface area contributed by atoms with Crippen LogP contribution in [0.25, 0.3) is 21.8 Å². The van der Waals surface area contributed by atoms with E-state index in [1.54, 1.807) is 41.9 Å². The molecule has 4 aromatic carbocycles. The number of halogens is 6. The van der Waals surface area contributed by atoms with Gasteiger partial charge in [0, 0.05) is 74.3 Å². The van der Waals surface area contributed by atoms with Gasteiger partial charge in [0.1, 0.15) is 46.4 Å². The lowest BCUT2D eigenvalue weighted by atomic mass is 10.0. The summed E-state index contributed by atoms with van der Waals surface area (Å²) >= 11 is 0. The van der Waals surface area contributed by atoms with Crippen LogP contribution in [0.15, 0.2) is 60.7 Å². The Balaban J connectivity index is 0.000000196. The highest BCUT2D eigenvalue weighted by atomic mass is 19.3. The smallest absolute Gasteiger partial charge is 0.266 e. The van der Waals surface area contributed by atoms with Crippen molar-refractivity contribution in [3.8, 4) is 11.5 Å². The lowest BCUT2D eigenvalue weighted by Crippen LogP contribution is -2.44. The van der Waals surface area contributed by atoms with Crippen molar-refractivity contribution in [3.05, 3.63) is 106 Å². The topological polar surface area (TPSA) is 107 Å². The van der Waals surface area contributed by atoms with Gasteiger partial charge in [0.05, 0.1) is 59.8 Å². The number of methoxy groups -OCH3 is 2. The number of nitrogens with one attached hydrogen (secondary N) is 2. The maximum atomic E-state index is 14.7. The Labute approximate surface area is 380 Å². The van der Waals surface area contributed by atoms with E-state index >= 15 is 0 Å². The van der Waals surface area contributed by atoms with Crippen LogP contribution >= 0.6 is 0 Å². The van der Waals surface area contributed by atoms with Gasteiger partial charge in [-0.3, -0.25) is 0 Å². The van der Waals surface area contributed by atoms with Crippen molar-refractivity contribution in [1.29, 1.82) is 0 Å². The first-order chi connectivity index (χ1) is 31.6. The van der Waals surface area contributed by atoms with E-state index in [1.165, 1.54) is 24.3 Å². The number of piperazine rings is 2. The van der Waals surface area contributed by atoms with Crippen LogP contribution in [-0.2, 0) is 0 Å². The van der Waals surface area contributed by atoms with E-state index in [4.69, 9.17) is 9.47 Å². The summed E-state index contributed by atoms with van der Waals surface area (Å²) in [5.74, 6) is 1.67. The molecule has 66 heavy (non-hydrogen) atoms. The zero-order chi connectivity index (χ0) is 47.4. The second kappa shape index (κ2) is 20.6. The fourth-order valence-electron chi connectivity index (χ4n) is 8.37. The lowest BCUT2D eigenvalue weighted by Gasteiger charge is -2.34. The molecule has 0 aliphatic carbocycles. The molecule has 8 rings (SSSR count). The monoisotopic (exact) mass is 918 g/mol. The molecule has 2 unspecified atom stereocenters. The minimum atomic E-state index is -2.88. The van der Waals surface area contributed by atoms with Crippen molar-refractivity contribution >= 4 is 44.8 Å². The number of alkyl halides is 4. The third-order valence-corrected chi connectivity index (χ3v) is 12.1. The van der Waals surface area contributed by atoms with Crippen molar-refractivity contribution in [2.45, 2.75) is 52.6 Å². The summed E-state index contributed by atoms with van der Waals surface area (Å²) in [6, 6.07) is 14.6. The third-order valence-electron chi connectivity index (χ3n) is 12.1. The number of likely N-dealkylation sites (N-methyl/N-ethyl adjacent to an activating group) is 2. The zero-order valence-electron chi connectivity index (χ0n) is 38.4. The molecule has 2 saturated heterocycles. The Bertz CT molecular complexity index is 2480. The Morgan fingerprint density at radius 3 is 1.21 bits per heavy atom. The second-order valence-electron chi connectivity index (χ2n) is 16.7. The van der Waals surface area contributed by atoms with Crippen molar-refractivity contribution in [3.63, 3.8) is 0 Å². The molecule has 0 spiro atoms. The van der Waals surface area contributed by atoms with Crippen molar-refractivity contribution < 1.29 is 35.8 Å². The summed E-state index contributed by atoms with van der Waals surface area (Å²) in [6.45, 7) is 14.3. The number of rotatable bonds is 12. The van der Waals surface area contributed by atoms with Gasteiger partial charge in [-0.1, -0.05) is 36.4 Å². The highest BCUT2D eigenvalue weighted by Crippen LogP contribution is 2.39. The average Bonchev–Trinajstić information content (AvgIpc) is 3.28. The van der Waals surface area contributed by atoms with Crippen LogP contribution in [0.4, 0.5) is 49.4 Å². The van der Waals surface area contributed by atoms with Gasteiger partial charge in [0.25, 0.3) is 12.9 Å². The van der Waals surface area contributed by atoms with Crippen molar-refractivity contribution in [2.24, 2.45) is 0 Å². The van der Waals surface area contributed by atoms with E-state index in [0.717, 1.165) is 86.9 Å². The minimum absolute atomic E-state index is 0.151. The number of benzene rings is 4. The van der Waals surface area contributed by atoms with Gasteiger partial charge >= 0.3 is 0 Å². The number of nitrogens with zero attached hydrogens (tertiary/aromatic N) is 8. The number of aryl methyl sites for hydroxylation is 2. The predicted molar refractivity (Wildman–Crippen MR) is 248 cm³/mol. The van der Waals surface area contributed by atoms with E-state index < -0.39 is 47.7 Å². The predicted octanol–water partition coefficient (Wildman–Crippen LogP) is 9.90. The average molecular weight is 919 g/mol. The standard InChI is InChI=1S/2C24H28F3N5O/c2*1-14(16-6-5-7-17(22(16)25)23(26)27)28-24-18-12-21(33-4)20(13-19(18)29-15(2)30-24)32-10-8-31(3)9-11-32/h2*5-7,12-14,23H,8-11H2,1-4H3,(H,28,29,30). The molecule has 18 heteroatoms. The van der Waals surface area contributed by atoms with Gasteiger partial charge in [0.15, 0.2) is 0 Å². The van der Waals surface area contributed by atoms with Crippen LogP contribution in [0, 0.1) is 25.5 Å². The quantitative estimate of drug-likeness (QED) is 0.114. The summed E-state index contributed by atoms with van der Waals surface area (Å²) in [5, 5.41) is 7.82. The minimum Gasteiger partial charge on any atom is -0.495 e. The van der Waals surface area contributed by atoms with Gasteiger partial charge in [0.2, 0.25) is 0 Å². The van der Waals surface area contributed by atoms with E-state index in [9.17, 15) is 26.3 Å². The van der Waals surface area contributed by atoms with Crippen LogP contribution in [0.3, 0.4) is 0 Å². The molecule has 6 aromatic rings. The first kappa shape index (κ1) is 47.8. The van der Waals surface area contributed by atoms with Crippen LogP contribution in [0.2, 0.25) is 0 Å². The number of aromatic nitrogens is 4. The first-order valence-electron chi connectivity index (χ1n) is 21.8. The number of anilines is 4. The maximum Gasteiger partial charge on any atom is 0.266 e. The third kappa shape index (κ3) is 10.4. The summed E-state index contributed by atoms with van der Waals surface area (Å²) in [6.07, 6.45) is -5.76. The number of hydrogen-bond acceptors (Lipinski definition) is 12. The largest absolute Gasteiger partial charge is 0.495 e. The van der Waals surface area contributed by atoms with Gasteiger partial charge in [-0.25, -0.2) is 46.3 Å². The molecule has 2 atom stereocenters. The summed E-state index contributed by atoms with van der Waals surface area (Å²) in [5.41, 5.74) is 2.47. The highest BCUT2D eigenvalue weighted by Gasteiger charge is 2.25. The molecule has 0 bridgehead atoms. The molecule has 4 heterocycles. The Morgan fingerprint density at radius 2 is 0.879 bits per heavy atom.